The highest BCUT2D eigenvalue weighted by Gasteiger charge is 2.47. The molecule has 1 aliphatic heterocycles. The molecular formula is C25H39N3O3S. The molecule has 1 heterocycles. The Kier molecular flexibility index (Phi) is 7.25. The molecule has 0 spiro atoms. The van der Waals surface area contributed by atoms with E-state index in [0.717, 1.165) is 29.3 Å². The number of rotatable bonds is 8. The Labute approximate surface area is 193 Å². The zero-order chi connectivity index (χ0) is 23.7. The third kappa shape index (κ3) is 5.11. The van der Waals surface area contributed by atoms with Crippen molar-refractivity contribution in [3.8, 4) is 0 Å². The third-order valence-electron chi connectivity index (χ3n) is 6.26. The maximum absolute atomic E-state index is 13.5. The fraction of sp³-hybridized carbons (Fsp3) is 0.600. The van der Waals surface area contributed by atoms with Gasteiger partial charge in [0, 0.05) is 47.7 Å². The number of benzene rings is 2. The van der Waals surface area contributed by atoms with E-state index in [1.54, 1.807) is 6.07 Å². The number of piperidine rings is 1. The molecular weight excluding hydrogens is 422 g/mol. The van der Waals surface area contributed by atoms with Gasteiger partial charge in [-0.1, -0.05) is 37.6 Å². The first kappa shape index (κ1) is 25.0. The second-order valence-corrected chi connectivity index (χ2v) is 12.0. The van der Waals surface area contributed by atoms with E-state index in [9.17, 15) is 8.42 Å². The van der Waals surface area contributed by atoms with Crippen LogP contribution in [-0.4, -0.2) is 51.3 Å². The van der Waals surface area contributed by atoms with Crippen molar-refractivity contribution in [2.24, 2.45) is 0 Å². The predicted octanol–water partition coefficient (Wildman–Crippen LogP) is 4.94. The molecule has 2 aromatic carbocycles. The van der Waals surface area contributed by atoms with E-state index in [1.165, 1.54) is 0 Å². The summed E-state index contributed by atoms with van der Waals surface area (Å²) >= 11 is 0. The summed E-state index contributed by atoms with van der Waals surface area (Å²) in [6.45, 7) is 11.3. The number of anilines is 1. The van der Waals surface area contributed by atoms with Crippen LogP contribution in [-0.2, 0) is 14.9 Å². The molecule has 1 fully saturated rings. The molecule has 0 atom stereocenters. The first-order chi connectivity index (χ1) is 14.9. The van der Waals surface area contributed by atoms with Crippen LogP contribution < -0.4 is 9.62 Å². The van der Waals surface area contributed by atoms with Crippen LogP contribution in [0, 0.1) is 0 Å². The summed E-state index contributed by atoms with van der Waals surface area (Å²) < 4.78 is 30.1. The van der Waals surface area contributed by atoms with Crippen LogP contribution >= 0.6 is 0 Å². The van der Waals surface area contributed by atoms with E-state index in [-0.39, 0.29) is 17.1 Å². The van der Waals surface area contributed by atoms with Gasteiger partial charge in [0.1, 0.15) is 0 Å². The maximum Gasteiger partial charge on any atom is 0.241 e. The molecule has 0 amide bonds. The van der Waals surface area contributed by atoms with Crippen molar-refractivity contribution in [3.05, 3.63) is 36.4 Å². The van der Waals surface area contributed by atoms with E-state index in [4.69, 9.17) is 4.84 Å². The minimum Gasteiger partial charge on any atom is -0.377 e. The normalized spacial score (nSPS) is 19.3. The molecule has 0 unspecified atom stereocenters. The summed E-state index contributed by atoms with van der Waals surface area (Å²) in [5, 5.41) is 3.76. The lowest BCUT2D eigenvalue weighted by molar-refractivity contribution is -0.283. The fourth-order valence-corrected chi connectivity index (χ4v) is 6.63. The Balaban J connectivity index is 1.89. The lowest BCUT2D eigenvalue weighted by Gasteiger charge is -2.53. The van der Waals surface area contributed by atoms with Crippen LogP contribution in [0.25, 0.3) is 10.8 Å². The third-order valence-corrected chi connectivity index (χ3v) is 7.84. The van der Waals surface area contributed by atoms with Gasteiger partial charge in [0.25, 0.3) is 0 Å². The van der Waals surface area contributed by atoms with E-state index >= 15 is 0 Å². The van der Waals surface area contributed by atoms with Crippen molar-refractivity contribution in [3.63, 3.8) is 0 Å². The SMILES string of the molecule is CCCCON1C(C)(C)CC(NS(=O)(=O)c2cccc3c(N(C)C)cccc23)CC1(C)C. The molecule has 0 aromatic heterocycles. The summed E-state index contributed by atoms with van der Waals surface area (Å²) in [6, 6.07) is 11.1. The molecule has 0 bridgehead atoms. The number of sulfonamides is 1. The smallest absolute Gasteiger partial charge is 0.241 e. The van der Waals surface area contributed by atoms with Gasteiger partial charge in [-0.3, -0.25) is 4.84 Å². The minimum absolute atomic E-state index is 0.177. The van der Waals surface area contributed by atoms with Crippen molar-refractivity contribution in [2.45, 2.75) is 82.3 Å². The summed E-state index contributed by atoms with van der Waals surface area (Å²) in [7, 11) is 0.238. The Hall–Kier alpha value is -1.67. The second kappa shape index (κ2) is 9.29. The van der Waals surface area contributed by atoms with E-state index in [2.05, 4.69) is 44.4 Å². The fourth-order valence-electron chi connectivity index (χ4n) is 5.17. The Morgan fingerprint density at radius 1 is 1.03 bits per heavy atom. The predicted molar refractivity (Wildman–Crippen MR) is 132 cm³/mol. The van der Waals surface area contributed by atoms with Crippen LogP contribution in [0.2, 0.25) is 0 Å². The van der Waals surface area contributed by atoms with Crippen LogP contribution in [0.3, 0.4) is 0 Å². The topological polar surface area (TPSA) is 61.9 Å². The van der Waals surface area contributed by atoms with Crippen LogP contribution in [0.1, 0.15) is 60.3 Å². The molecule has 1 aliphatic rings. The Bertz CT molecular complexity index is 1030. The second-order valence-electron chi connectivity index (χ2n) is 10.4. The van der Waals surface area contributed by atoms with Crippen molar-refractivity contribution in [2.75, 3.05) is 25.6 Å². The molecule has 7 heteroatoms. The molecule has 3 rings (SSSR count). The first-order valence-electron chi connectivity index (χ1n) is 11.5. The van der Waals surface area contributed by atoms with Crippen LogP contribution in [0.15, 0.2) is 41.3 Å². The number of hydroxylamine groups is 2. The van der Waals surface area contributed by atoms with Crippen molar-refractivity contribution in [1.82, 2.24) is 9.79 Å². The lowest BCUT2D eigenvalue weighted by atomic mass is 9.79. The zero-order valence-electron chi connectivity index (χ0n) is 20.6. The highest BCUT2D eigenvalue weighted by atomic mass is 32.2. The van der Waals surface area contributed by atoms with Gasteiger partial charge in [0.05, 0.1) is 11.5 Å². The number of unbranched alkanes of at least 4 members (excludes halogenated alkanes) is 1. The average molecular weight is 462 g/mol. The highest BCUT2D eigenvalue weighted by molar-refractivity contribution is 7.89. The first-order valence-corrected chi connectivity index (χ1v) is 13.0. The monoisotopic (exact) mass is 461 g/mol. The maximum atomic E-state index is 13.5. The molecule has 1 saturated heterocycles. The van der Waals surface area contributed by atoms with Gasteiger partial charge in [-0.05, 0) is 59.1 Å². The number of hydrogen-bond acceptors (Lipinski definition) is 5. The van der Waals surface area contributed by atoms with E-state index < -0.39 is 10.0 Å². The Morgan fingerprint density at radius 2 is 1.62 bits per heavy atom. The van der Waals surface area contributed by atoms with Gasteiger partial charge in [-0.25, -0.2) is 13.1 Å². The summed E-state index contributed by atoms with van der Waals surface area (Å²) in [4.78, 5) is 8.50. The molecule has 0 aliphatic carbocycles. The summed E-state index contributed by atoms with van der Waals surface area (Å²) in [5.41, 5.74) is 0.415. The molecule has 32 heavy (non-hydrogen) atoms. The lowest BCUT2D eigenvalue weighted by Crippen LogP contribution is -2.64. The van der Waals surface area contributed by atoms with Crippen molar-refractivity contribution >= 4 is 26.5 Å². The standard InChI is InChI=1S/C25H39N3O3S/c1-8-9-16-31-28-24(2,3)17-19(18-25(28,4)5)26-32(29,30)23-15-11-12-20-21(23)13-10-14-22(20)27(6)7/h10-15,19,26H,8-9,16-18H2,1-7H3. The molecule has 0 saturated carbocycles. The van der Waals surface area contributed by atoms with Crippen LogP contribution in [0.5, 0.6) is 0 Å². The van der Waals surface area contributed by atoms with E-state index in [1.807, 2.05) is 49.3 Å². The van der Waals surface area contributed by atoms with Gasteiger partial charge in [-0.15, -0.1) is 0 Å². The molecule has 2 aromatic rings. The molecule has 1 N–H and O–H groups in total. The Morgan fingerprint density at radius 3 is 2.22 bits per heavy atom. The van der Waals surface area contributed by atoms with Crippen molar-refractivity contribution < 1.29 is 13.3 Å². The molecule has 178 valence electrons. The summed E-state index contributed by atoms with van der Waals surface area (Å²) in [5.74, 6) is 0. The van der Waals surface area contributed by atoms with Gasteiger partial charge in [0.2, 0.25) is 10.0 Å². The number of nitrogens with zero attached hydrogens (tertiary/aromatic N) is 2. The van der Waals surface area contributed by atoms with Crippen molar-refractivity contribution in [1.29, 1.82) is 0 Å². The van der Waals surface area contributed by atoms with Crippen LogP contribution in [0.4, 0.5) is 5.69 Å². The quantitative estimate of drug-likeness (QED) is 0.565. The highest BCUT2D eigenvalue weighted by Crippen LogP contribution is 2.39. The largest absolute Gasteiger partial charge is 0.377 e. The van der Waals surface area contributed by atoms with Gasteiger partial charge >= 0.3 is 0 Å². The number of hydrogen-bond donors (Lipinski definition) is 1. The van der Waals surface area contributed by atoms with E-state index in [0.29, 0.717) is 24.3 Å². The summed E-state index contributed by atoms with van der Waals surface area (Å²) in [6.07, 6.45) is 3.44. The van der Waals surface area contributed by atoms with Gasteiger partial charge in [-0.2, -0.15) is 5.06 Å². The number of fused-ring (bicyclic) bond motifs is 1. The molecule has 6 nitrogen and oxygen atoms in total. The zero-order valence-corrected chi connectivity index (χ0v) is 21.4. The van der Waals surface area contributed by atoms with Gasteiger partial charge < -0.3 is 4.90 Å². The average Bonchev–Trinajstić information content (AvgIpc) is 2.67. The minimum atomic E-state index is -3.70. The number of nitrogens with one attached hydrogen (secondary N) is 1. The molecule has 0 radical (unpaired) electrons. The van der Waals surface area contributed by atoms with Gasteiger partial charge in [0.15, 0.2) is 0 Å².